The number of aryl methyl sites for hydroxylation is 2. The molecule has 1 amide bonds. The monoisotopic (exact) mass is 295 g/mol. The molecule has 1 unspecified atom stereocenters. The van der Waals surface area contributed by atoms with Crippen LogP contribution in [0.2, 0.25) is 0 Å². The number of aliphatic hydroxyl groups is 1. The molecule has 20 heavy (non-hydrogen) atoms. The van der Waals surface area contributed by atoms with Gasteiger partial charge < -0.3 is 10.4 Å². The lowest BCUT2D eigenvalue weighted by molar-refractivity contribution is -0.120. The zero-order valence-electron chi connectivity index (χ0n) is 12.6. The van der Waals surface area contributed by atoms with Crippen molar-refractivity contribution in [3.05, 3.63) is 29.3 Å². The molecule has 1 atom stereocenters. The van der Waals surface area contributed by atoms with Gasteiger partial charge in [0.1, 0.15) is 0 Å². The Labute approximate surface area is 126 Å². The van der Waals surface area contributed by atoms with Gasteiger partial charge in [0.05, 0.1) is 6.10 Å². The molecule has 112 valence electrons. The Morgan fingerprint density at radius 1 is 1.35 bits per heavy atom. The van der Waals surface area contributed by atoms with Gasteiger partial charge in [-0.25, -0.2) is 0 Å². The van der Waals surface area contributed by atoms with E-state index in [1.807, 2.05) is 0 Å². The molecule has 0 saturated heterocycles. The first-order chi connectivity index (χ1) is 9.49. The highest BCUT2D eigenvalue weighted by Crippen LogP contribution is 2.21. The van der Waals surface area contributed by atoms with E-state index >= 15 is 0 Å². The average molecular weight is 295 g/mol. The number of aliphatic hydroxyl groups excluding tert-OH is 1. The smallest absolute Gasteiger partial charge is 0.220 e. The summed E-state index contributed by atoms with van der Waals surface area (Å²) < 4.78 is 0. The van der Waals surface area contributed by atoms with Crippen molar-refractivity contribution in [1.29, 1.82) is 0 Å². The molecule has 0 radical (unpaired) electrons. The number of hydrogen-bond acceptors (Lipinski definition) is 3. The van der Waals surface area contributed by atoms with Crippen LogP contribution in [0.15, 0.2) is 23.1 Å². The second kappa shape index (κ2) is 9.03. The van der Waals surface area contributed by atoms with Crippen LogP contribution < -0.4 is 5.32 Å². The Bertz CT molecular complexity index is 432. The number of hydrogen-bond donors (Lipinski definition) is 2. The largest absolute Gasteiger partial charge is 0.393 e. The van der Waals surface area contributed by atoms with Gasteiger partial charge in [0.15, 0.2) is 0 Å². The van der Waals surface area contributed by atoms with E-state index in [0.717, 1.165) is 18.6 Å². The maximum atomic E-state index is 11.6. The van der Waals surface area contributed by atoms with Crippen molar-refractivity contribution in [2.45, 2.75) is 51.0 Å². The molecule has 0 spiro atoms. The Morgan fingerprint density at radius 2 is 2.10 bits per heavy atom. The first-order valence-corrected chi connectivity index (χ1v) is 8.12. The molecule has 1 rings (SSSR count). The SMILES string of the molecule is Cc1ccc(SCCC(=O)NCCCC(C)O)cc1C. The summed E-state index contributed by atoms with van der Waals surface area (Å²) >= 11 is 1.71. The van der Waals surface area contributed by atoms with Crippen LogP contribution in [0.1, 0.15) is 37.3 Å². The summed E-state index contributed by atoms with van der Waals surface area (Å²) in [6.45, 7) is 6.62. The molecule has 2 N–H and O–H groups in total. The molecule has 0 fully saturated rings. The molecule has 1 aromatic rings. The molecule has 4 heteroatoms. The van der Waals surface area contributed by atoms with Gasteiger partial charge in [-0.2, -0.15) is 0 Å². The molecule has 0 aromatic heterocycles. The zero-order chi connectivity index (χ0) is 15.0. The lowest BCUT2D eigenvalue weighted by atomic mass is 10.1. The minimum Gasteiger partial charge on any atom is -0.393 e. The fraction of sp³-hybridized carbons (Fsp3) is 0.562. The van der Waals surface area contributed by atoms with Gasteiger partial charge >= 0.3 is 0 Å². The lowest BCUT2D eigenvalue weighted by Crippen LogP contribution is -2.25. The third-order valence-corrected chi connectivity index (χ3v) is 4.19. The standard InChI is InChI=1S/C16H25NO2S/c1-12-6-7-15(11-13(12)2)20-10-8-16(19)17-9-4-5-14(3)18/h6-7,11,14,18H,4-5,8-10H2,1-3H3,(H,17,19). The molecule has 0 aliphatic carbocycles. The van der Waals surface area contributed by atoms with Crippen LogP contribution in [-0.2, 0) is 4.79 Å². The zero-order valence-corrected chi connectivity index (χ0v) is 13.4. The summed E-state index contributed by atoms with van der Waals surface area (Å²) in [6, 6.07) is 6.39. The van der Waals surface area contributed by atoms with E-state index in [1.54, 1.807) is 18.7 Å². The molecule has 0 aliphatic heterocycles. The average Bonchev–Trinajstić information content (AvgIpc) is 2.39. The van der Waals surface area contributed by atoms with Crippen LogP contribution in [0.25, 0.3) is 0 Å². The first-order valence-electron chi connectivity index (χ1n) is 7.14. The van der Waals surface area contributed by atoms with E-state index in [1.165, 1.54) is 16.0 Å². The van der Waals surface area contributed by atoms with Crippen molar-refractivity contribution in [2.75, 3.05) is 12.3 Å². The number of carbonyl (C=O) groups is 1. The third kappa shape index (κ3) is 6.96. The summed E-state index contributed by atoms with van der Waals surface area (Å²) in [6.07, 6.45) is 1.81. The topological polar surface area (TPSA) is 49.3 Å². The van der Waals surface area contributed by atoms with Crippen LogP contribution in [0, 0.1) is 13.8 Å². The van der Waals surface area contributed by atoms with Crippen LogP contribution in [0.5, 0.6) is 0 Å². The van der Waals surface area contributed by atoms with Crippen LogP contribution >= 0.6 is 11.8 Å². The van der Waals surface area contributed by atoms with E-state index in [2.05, 4.69) is 37.4 Å². The molecular weight excluding hydrogens is 270 g/mol. The molecule has 3 nitrogen and oxygen atoms in total. The van der Waals surface area contributed by atoms with E-state index < -0.39 is 0 Å². The number of nitrogens with one attached hydrogen (secondary N) is 1. The highest BCUT2D eigenvalue weighted by atomic mass is 32.2. The summed E-state index contributed by atoms with van der Waals surface area (Å²) in [4.78, 5) is 12.8. The predicted molar refractivity (Wildman–Crippen MR) is 85.2 cm³/mol. The summed E-state index contributed by atoms with van der Waals surface area (Å²) in [7, 11) is 0. The number of thioether (sulfide) groups is 1. The lowest BCUT2D eigenvalue weighted by Gasteiger charge is -2.07. The number of benzene rings is 1. The quantitative estimate of drug-likeness (QED) is 0.572. The predicted octanol–water partition coefficient (Wildman–Crippen LogP) is 3.06. The Kier molecular flexibility index (Phi) is 7.70. The minimum absolute atomic E-state index is 0.0897. The number of amides is 1. The van der Waals surface area contributed by atoms with Crippen molar-refractivity contribution in [3.63, 3.8) is 0 Å². The first kappa shape index (κ1) is 17.1. The van der Waals surface area contributed by atoms with Crippen LogP contribution in [0.4, 0.5) is 0 Å². The van der Waals surface area contributed by atoms with E-state index in [0.29, 0.717) is 13.0 Å². The van der Waals surface area contributed by atoms with Crippen molar-refractivity contribution in [3.8, 4) is 0 Å². The normalized spacial score (nSPS) is 12.2. The maximum absolute atomic E-state index is 11.6. The minimum atomic E-state index is -0.285. The maximum Gasteiger partial charge on any atom is 0.220 e. The third-order valence-electron chi connectivity index (χ3n) is 3.20. The van der Waals surface area contributed by atoms with Gasteiger partial charge in [0.25, 0.3) is 0 Å². The Balaban J connectivity index is 2.16. The Morgan fingerprint density at radius 3 is 2.75 bits per heavy atom. The summed E-state index contributed by atoms with van der Waals surface area (Å²) in [5.41, 5.74) is 2.59. The fourth-order valence-corrected chi connectivity index (χ4v) is 2.73. The molecule has 0 saturated carbocycles. The van der Waals surface area contributed by atoms with Gasteiger partial charge in [0, 0.05) is 23.6 Å². The van der Waals surface area contributed by atoms with Gasteiger partial charge in [0.2, 0.25) is 5.91 Å². The molecular formula is C16H25NO2S. The van der Waals surface area contributed by atoms with Crippen molar-refractivity contribution < 1.29 is 9.90 Å². The van der Waals surface area contributed by atoms with Crippen molar-refractivity contribution in [1.82, 2.24) is 5.32 Å². The molecule has 0 bridgehead atoms. The Hall–Kier alpha value is -1.00. The fourth-order valence-electron chi connectivity index (χ4n) is 1.78. The molecule has 0 aliphatic rings. The summed E-state index contributed by atoms with van der Waals surface area (Å²) in [5, 5.41) is 12.0. The van der Waals surface area contributed by atoms with Gasteiger partial charge in [-0.3, -0.25) is 4.79 Å². The van der Waals surface area contributed by atoms with Crippen molar-refractivity contribution in [2.24, 2.45) is 0 Å². The second-order valence-electron chi connectivity index (χ2n) is 5.19. The van der Waals surface area contributed by atoms with E-state index in [9.17, 15) is 4.79 Å². The van der Waals surface area contributed by atoms with Gasteiger partial charge in [-0.15, -0.1) is 11.8 Å². The molecule has 1 aromatic carbocycles. The second-order valence-corrected chi connectivity index (χ2v) is 6.35. The van der Waals surface area contributed by atoms with E-state index in [-0.39, 0.29) is 12.0 Å². The highest BCUT2D eigenvalue weighted by molar-refractivity contribution is 7.99. The van der Waals surface area contributed by atoms with Crippen LogP contribution in [0.3, 0.4) is 0 Å². The van der Waals surface area contributed by atoms with Gasteiger partial charge in [-0.05, 0) is 56.9 Å². The number of rotatable bonds is 8. The summed E-state index contributed by atoms with van der Waals surface area (Å²) in [5.74, 6) is 0.886. The molecule has 0 heterocycles. The van der Waals surface area contributed by atoms with Crippen LogP contribution in [-0.4, -0.2) is 29.4 Å². The van der Waals surface area contributed by atoms with Gasteiger partial charge in [-0.1, -0.05) is 6.07 Å². The number of carbonyl (C=O) groups excluding carboxylic acids is 1. The van der Waals surface area contributed by atoms with Crippen molar-refractivity contribution >= 4 is 17.7 Å². The van der Waals surface area contributed by atoms with E-state index in [4.69, 9.17) is 5.11 Å². The highest BCUT2D eigenvalue weighted by Gasteiger charge is 2.03.